The summed E-state index contributed by atoms with van der Waals surface area (Å²) in [6.07, 6.45) is 2.69. The third-order valence-electron chi connectivity index (χ3n) is 4.83. The van der Waals surface area contributed by atoms with E-state index >= 15 is 0 Å². The lowest BCUT2D eigenvalue weighted by Crippen LogP contribution is -2.48. The number of H-pyrrole nitrogens is 1. The number of piperazine rings is 1. The lowest BCUT2D eigenvalue weighted by molar-refractivity contribution is -0.131. The van der Waals surface area contributed by atoms with Crippen molar-refractivity contribution < 1.29 is 4.79 Å². The molecule has 1 aliphatic heterocycles. The zero-order chi connectivity index (χ0) is 18.7. The Labute approximate surface area is 155 Å². The molecule has 0 aromatic carbocycles. The van der Waals surface area contributed by atoms with Gasteiger partial charge in [0.25, 0.3) is 5.56 Å². The first-order valence-corrected chi connectivity index (χ1v) is 9.44. The number of amides is 1. The van der Waals surface area contributed by atoms with E-state index in [9.17, 15) is 9.59 Å². The molecule has 7 nitrogen and oxygen atoms in total. The Morgan fingerprint density at radius 1 is 1.35 bits per heavy atom. The summed E-state index contributed by atoms with van der Waals surface area (Å²) < 4.78 is 0. The Kier molecular flexibility index (Phi) is 5.38. The molecule has 0 bridgehead atoms. The van der Waals surface area contributed by atoms with Crippen molar-refractivity contribution in [2.75, 3.05) is 31.1 Å². The third kappa shape index (κ3) is 3.63. The number of carbonyl (C=O) groups excluding carboxylic acids is 1. The number of aryl methyl sites for hydroxylation is 1. The van der Waals surface area contributed by atoms with Gasteiger partial charge < -0.3 is 14.8 Å². The summed E-state index contributed by atoms with van der Waals surface area (Å²) in [7, 11) is 0. The Morgan fingerprint density at radius 2 is 2.08 bits per heavy atom. The maximum absolute atomic E-state index is 12.6. The first kappa shape index (κ1) is 18.1. The van der Waals surface area contributed by atoms with Gasteiger partial charge in [0.15, 0.2) is 5.13 Å². The Morgan fingerprint density at radius 3 is 2.69 bits per heavy atom. The van der Waals surface area contributed by atoms with Crippen molar-refractivity contribution in [2.24, 2.45) is 0 Å². The summed E-state index contributed by atoms with van der Waals surface area (Å²) in [5.74, 6) is 0.104. The Hall–Kier alpha value is -2.66. The molecule has 2 aromatic heterocycles. The van der Waals surface area contributed by atoms with Crippen LogP contribution < -0.4 is 10.5 Å². The highest BCUT2D eigenvalue weighted by Gasteiger charge is 2.22. The number of anilines is 1. The van der Waals surface area contributed by atoms with Gasteiger partial charge >= 0.3 is 0 Å². The standard InChI is InChI=1S/C18H21N5O2S/c1-12-14(13(2)21-17(25)15(12)11-19)3-4-16(24)22-6-8-23(9-7-22)18-20-5-10-26-18/h5,10H,3-4,6-9H2,1-2H3,(H,21,25). The molecule has 1 amide bonds. The Balaban J connectivity index is 1.60. The number of nitrogens with one attached hydrogen (secondary N) is 1. The van der Waals surface area contributed by atoms with E-state index in [4.69, 9.17) is 5.26 Å². The zero-order valence-electron chi connectivity index (χ0n) is 14.9. The molecule has 1 saturated heterocycles. The smallest absolute Gasteiger partial charge is 0.266 e. The number of aromatic nitrogens is 2. The number of nitrogens with zero attached hydrogens (tertiary/aromatic N) is 4. The number of hydrogen-bond acceptors (Lipinski definition) is 6. The molecular formula is C18H21N5O2S. The van der Waals surface area contributed by atoms with Crippen LogP contribution in [0.5, 0.6) is 0 Å². The van der Waals surface area contributed by atoms with Crippen LogP contribution in [0, 0.1) is 25.2 Å². The minimum absolute atomic E-state index is 0.104. The molecule has 26 heavy (non-hydrogen) atoms. The van der Waals surface area contributed by atoms with Gasteiger partial charge in [-0.25, -0.2) is 4.98 Å². The lowest BCUT2D eigenvalue weighted by Gasteiger charge is -2.34. The fourth-order valence-electron chi connectivity index (χ4n) is 3.33. The molecule has 0 atom stereocenters. The number of hydrogen-bond donors (Lipinski definition) is 1. The first-order valence-electron chi connectivity index (χ1n) is 8.56. The summed E-state index contributed by atoms with van der Waals surface area (Å²) in [6.45, 7) is 6.52. The van der Waals surface area contributed by atoms with Gasteiger partial charge in [-0.3, -0.25) is 9.59 Å². The quantitative estimate of drug-likeness (QED) is 0.881. The molecule has 1 fully saturated rings. The minimum atomic E-state index is -0.365. The largest absolute Gasteiger partial charge is 0.345 e. The summed E-state index contributed by atoms with van der Waals surface area (Å²) in [6, 6.07) is 1.95. The van der Waals surface area contributed by atoms with Crippen LogP contribution in [0.3, 0.4) is 0 Å². The zero-order valence-corrected chi connectivity index (χ0v) is 15.7. The number of pyridine rings is 1. The van der Waals surface area contributed by atoms with Gasteiger partial charge in [-0.2, -0.15) is 5.26 Å². The van der Waals surface area contributed by atoms with Gasteiger partial charge in [-0.1, -0.05) is 0 Å². The van der Waals surface area contributed by atoms with E-state index in [-0.39, 0.29) is 17.0 Å². The lowest BCUT2D eigenvalue weighted by atomic mass is 9.99. The highest BCUT2D eigenvalue weighted by atomic mass is 32.1. The molecule has 0 saturated carbocycles. The molecule has 1 N–H and O–H groups in total. The topological polar surface area (TPSA) is 93.1 Å². The molecular weight excluding hydrogens is 350 g/mol. The van der Waals surface area contributed by atoms with Crippen LogP contribution in [0.4, 0.5) is 5.13 Å². The normalized spacial score (nSPS) is 14.3. The van der Waals surface area contributed by atoms with Gasteiger partial charge in [0.1, 0.15) is 11.6 Å². The van der Waals surface area contributed by atoms with Crippen molar-refractivity contribution in [3.05, 3.63) is 44.3 Å². The van der Waals surface area contributed by atoms with E-state index in [1.54, 1.807) is 24.5 Å². The second-order valence-corrected chi connectivity index (χ2v) is 7.23. The van der Waals surface area contributed by atoms with Crippen LogP contribution in [0.15, 0.2) is 16.4 Å². The summed E-state index contributed by atoms with van der Waals surface area (Å²) >= 11 is 1.61. The first-order chi connectivity index (χ1) is 12.5. The fourth-order valence-corrected chi connectivity index (χ4v) is 4.03. The molecule has 136 valence electrons. The van der Waals surface area contributed by atoms with Crippen molar-refractivity contribution >= 4 is 22.4 Å². The maximum Gasteiger partial charge on any atom is 0.266 e. The number of aromatic amines is 1. The van der Waals surface area contributed by atoms with Crippen LogP contribution in [0.25, 0.3) is 0 Å². The third-order valence-corrected chi connectivity index (χ3v) is 5.66. The average Bonchev–Trinajstić information content (AvgIpc) is 3.16. The predicted octanol–water partition coefficient (Wildman–Crippen LogP) is 1.60. The van der Waals surface area contributed by atoms with E-state index in [1.165, 1.54) is 0 Å². The SMILES string of the molecule is Cc1[nH]c(=O)c(C#N)c(C)c1CCC(=O)N1CCN(c2nccs2)CC1. The summed E-state index contributed by atoms with van der Waals surface area (Å²) in [4.78, 5) is 35.5. The van der Waals surface area contributed by atoms with Crippen LogP contribution in [0.1, 0.15) is 28.8 Å². The van der Waals surface area contributed by atoms with Crippen molar-refractivity contribution in [1.29, 1.82) is 5.26 Å². The van der Waals surface area contributed by atoms with Crippen molar-refractivity contribution in [3.8, 4) is 6.07 Å². The van der Waals surface area contributed by atoms with E-state index in [0.29, 0.717) is 31.5 Å². The van der Waals surface area contributed by atoms with Crippen molar-refractivity contribution in [3.63, 3.8) is 0 Å². The Bertz CT molecular complexity index is 890. The fraction of sp³-hybridized carbons (Fsp3) is 0.444. The number of nitriles is 1. The summed E-state index contributed by atoms with van der Waals surface area (Å²) in [5.41, 5.74) is 2.06. The van der Waals surface area contributed by atoms with Gasteiger partial charge in [0.05, 0.1) is 0 Å². The van der Waals surface area contributed by atoms with E-state index < -0.39 is 0 Å². The second-order valence-electron chi connectivity index (χ2n) is 6.35. The minimum Gasteiger partial charge on any atom is -0.345 e. The molecule has 3 heterocycles. The molecule has 2 aromatic rings. The van der Waals surface area contributed by atoms with Crippen LogP contribution in [-0.2, 0) is 11.2 Å². The number of carbonyl (C=O) groups is 1. The predicted molar refractivity (Wildman–Crippen MR) is 100 cm³/mol. The van der Waals surface area contributed by atoms with E-state index in [1.807, 2.05) is 23.3 Å². The van der Waals surface area contributed by atoms with E-state index in [2.05, 4.69) is 14.9 Å². The average molecular weight is 371 g/mol. The number of thiazole rings is 1. The molecule has 8 heteroatoms. The maximum atomic E-state index is 12.6. The van der Waals surface area contributed by atoms with Crippen molar-refractivity contribution in [2.45, 2.75) is 26.7 Å². The second kappa shape index (κ2) is 7.70. The van der Waals surface area contributed by atoms with Gasteiger partial charge in [-0.15, -0.1) is 11.3 Å². The van der Waals surface area contributed by atoms with Gasteiger partial charge in [0, 0.05) is 49.9 Å². The van der Waals surface area contributed by atoms with Crippen molar-refractivity contribution in [1.82, 2.24) is 14.9 Å². The van der Waals surface area contributed by atoms with Crippen LogP contribution in [0.2, 0.25) is 0 Å². The molecule has 0 spiro atoms. The van der Waals surface area contributed by atoms with Gasteiger partial charge in [0.2, 0.25) is 5.91 Å². The molecule has 0 radical (unpaired) electrons. The molecule has 0 unspecified atom stereocenters. The van der Waals surface area contributed by atoms with E-state index in [0.717, 1.165) is 29.5 Å². The highest BCUT2D eigenvalue weighted by Crippen LogP contribution is 2.20. The summed E-state index contributed by atoms with van der Waals surface area (Å²) in [5, 5.41) is 12.1. The number of rotatable bonds is 4. The van der Waals surface area contributed by atoms with Gasteiger partial charge in [-0.05, 0) is 31.4 Å². The highest BCUT2D eigenvalue weighted by molar-refractivity contribution is 7.13. The monoisotopic (exact) mass is 371 g/mol. The molecule has 1 aliphatic rings. The molecule has 0 aliphatic carbocycles. The van der Waals surface area contributed by atoms with Crippen LogP contribution in [-0.4, -0.2) is 47.0 Å². The molecule has 3 rings (SSSR count). The van der Waals surface area contributed by atoms with Crippen LogP contribution >= 0.6 is 11.3 Å².